The molecule has 2 unspecified atom stereocenters. The van der Waals surface area contributed by atoms with Crippen LogP contribution in [0.3, 0.4) is 0 Å². The van der Waals surface area contributed by atoms with Crippen LogP contribution in [0.4, 0.5) is 10.5 Å². The predicted octanol–water partition coefficient (Wildman–Crippen LogP) is -2.99. The van der Waals surface area contributed by atoms with E-state index < -0.39 is 67.3 Å². The molecule has 0 aliphatic carbocycles. The molecule has 0 aromatic carbocycles. The van der Waals surface area contributed by atoms with Crippen LogP contribution in [0, 0.1) is 0 Å². The topological polar surface area (TPSA) is 186 Å². The van der Waals surface area contributed by atoms with E-state index in [9.17, 15) is 29.7 Å². The number of aromatic nitrogens is 2. The van der Waals surface area contributed by atoms with E-state index >= 15 is 0 Å². The average molecular weight is 361 g/mol. The van der Waals surface area contributed by atoms with Gasteiger partial charge in [0.05, 0.1) is 32.0 Å². The fraction of sp³-hybridized carbons (Fsp3) is 0.615. The summed E-state index contributed by atoms with van der Waals surface area (Å²) in [5.41, 5.74) is -2.37. The number of carbonyl (C=O) groups is 1. The van der Waals surface area contributed by atoms with Gasteiger partial charge in [0.2, 0.25) is 0 Å². The van der Waals surface area contributed by atoms with E-state index in [1.54, 1.807) is 0 Å². The Bertz CT molecular complexity index is 730. The Morgan fingerprint density at radius 1 is 1.44 bits per heavy atom. The van der Waals surface area contributed by atoms with Crippen molar-refractivity contribution in [3.63, 3.8) is 0 Å². The standard InChI is InChI=1S/C13H19N3O9/c17-4-6(19)2-15(13(23)24)7-3-16(12(22)14-11(7)21)10-1-8(20)9(5-18)25-10/h3,6,8-10,17-20H,1-2,4-5H2,(H,23,24)(H,14,21,22)/t6?,8?,9-,10-/m0/s1. The molecule has 1 aromatic rings. The molecule has 1 aromatic heterocycles. The van der Waals surface area contributed by atoms with E-state index in [-0.39, 0.29) is 6.42 Å². The molecule has 140 valence electrons. The summed E-state index contributed by atoms with van der Waals surface area (Å²) in [7, 11) is 0. The molecular formula is C13H19N3O9. The molecule has 1 aliphatic rings. The van der Waals surface area contributed by atoms with Crippen LogP contribution in [0.1, 0.15) is 12.6 Å². The van der Waals surface area contributed by atoms with E-state index in [4.69, 9.17) is 14.9 Å². The third kappa shape index (κ3) is 4.05. The number of anilines is 1. The van der Waals surface area contributed by atoms with Crippen molar-refractivity contribution in [2.75, 3.05) is 24.7 Å². The lowest BCUT2D eigenvalue weighted by Gasteiger charge is -2.22. The van der Waals surface area contributed by atoms with Gasteiger partial charge in [-0.15, -0.1) is 0 Å². The predicted molar refractivity (Wildman–Crippen MR) is 81.4 cm³/mol. The van der Waals surface area contributed by atoms with E-state index in [1.165, 1.54) is 0 Å². The number of aliphatic hydroxyl groups excluding tert-OH is 4. The second-order valence-corrected chi connectivity index (χ2v) is 5.53. The van der Waals surface area contributed by atoms with Crippen LogP contribution in [0.5, 0.6) is 0 Å². The van der Waals surface area contributed by atoms with E-state index in [0.29, 0.717) is 4.90 Å². The summed E-state index contributed by atoms with van der Waals surface area (Å²) >= 11 is 0. The van der Waals surface area contributed by atoms with Crippen molar-refractivity contribution in [3.05, 3.63) is 27.0 Å². The summed E-state index contributed by atoms with van der Waals surface area (Å²) in [6.07, 6.45) is -5.11. The molecule has 1 saturated heterocycles. The number of carboxylic acid groups (broad SMARTS) is 1. The van der Waals surface area contributed by atoms with Crippen molar-refractivity contribution < 1.29 is 35.1 Å². The molecule has 0 spiro atoms. The second-order valence-electron chi connectivity index (χ2n) is 5.53. The van der Waals surface area contributed by atoms with Gasteiger partial charge in [-0.05, 0) is 0 Å². The van der Waals surface area contributed by atoms with Gasteiger partial charge in [-0.2, -0.15) is 0 Å². The molecule has 2 heterocycles. The van der Waals surface area contributed by atoms with Crippen molar-refractivity contribution in [1.82, 2.24) is 9.55 Å². The van der Waals surface area contributed by atoms with Gasteiger partial charge in [-0.1, -0.05) is 0 Å². The number of ether oxygens (including phenoxy) is 1. The molecule has 6 N–H and O–H groups in total. The van der Waals surface area contributed by atoms with Crippen LogP contribution >= 0.6 is 0 Å². The highest BCUT2D eigenvalue weighted by Gasteiger charge is 2.35. The average Bonchev–Trinajstić information content (AvgIpc) is 2.93. The van der Waals surface area contributed by atoms with Crippen molar-refractivity contribution >= 4 is 11.8 Å². The Morgan fingerprint density at radius 3 is 2.64 bits per heavy atom. The van der Waals surface area contributed by atoms with E-state index in [1.807, 2.05) is 4.98 Å². The Kier molecular flexibility index (Phi) is 5.92. The summed E-state index contributed by atoms with van der Waals surface area (Å²) in [6, 6.07) is 0. The van der Waals surface area contributed by atoms with Crippen LogP contribution < -0.4 is 16.1 Å². The lowest BCUT2D eigenvalue weighted by atomic mass is 10.2. The Hall–Kier alpha value is -2.25. The van der Waals surface area contributed by atoms with Gasteiger partial charge in [0.25, 0.3) is 5.56 Å². The third-order valence-corrected chi connectivity index (χ3v) is 3.77. The first-order chi connectivity index (χ1) is 11.8. The normalized spacial score (nSPS) is 24.2. The third-order valence-electron chi connectivity index (χ3n) is 3.77. The van der Waals surface area contributed by atoms with Crippen molar-refractivity contribution in [3.8, 4) is 0 Å². The minimum atomic E-state index is -1.58. The molecule has 0 bridgehead atoms. The number of aromatic amines is 1. The van der Waals surface area contributed by atoms with Crippen molar-refractivity contribution in [2.45, 2.75) is 31.0 Å². The zero-order chi connectivity index (χ0) is 18.7. The SMILES string of the molecule is O=C(O)N(CC(O)CO)c1cn([C@@H]2CC(O)[C@H](CO)O2)c(=O)[nH]c1=O. The molecule has 1 aliphatic heterocycles. The largest absolute Gasteiger partial charge is 0.465 e. The molecule has 12 heteroatoms. The zero-order valence-electron chi connectivity index (χ0n) is 13.0. The highest BCUT2D eigenvalue weighted by atomic mass is 16.5. The van der Waals surface area contributed by atoms with Crippen LogP contribution in [0.25, 0.3) is 0 Å². The summed E-state index contributed by atoms with van der Waals surface area (Å²) < 4.78 is 6.20. The second kappa shape index (κ2) is 7.76. The number of hydrogen-bond donors (Lipinski definition) is 6. The first kappa shape index (κ1) is 19.1. The highest BCUT2D eigenvalue weighted by Crippen LogP contribution is 2.27. The maximum atomic E-state index is 12.0. The van der Waals surface area contributed by atoms with Crippen LogP contribution in [0.15, 0.2) is 15.8 Å². The van der Waals surface area contributed by atoms with Crippen LogP contribution in [0.2, 0.25) is 0 Å². The molecule has 12 nitrogen and oxygen atoms in total. The maximum absolute atomic E-state index is 12.0. The van der Waals surface area contributed by atoms with Crippen molar-refractivity contribution in [1.29, 1.82) is 0 Å². The molecule has 4 atom stereocenters. The summed E-state index contributed by atoms with van der Waals surface area (Å²) in [4.78, 5) is 37.7. The zero-order valence-corrected chi connectivity index (χ0v) is 13.0. The first-order valence-electron chi connectivity index (χ1n) is 7.37. The maximum Gasteiger partial charge on any atom is 0.412 e. The van der Waals surface area contributed by atoms with Gasteiger partial charge in [-0.3, -0.25) is 19.2 Å². The summed E-state index contributed by atoms with van der Waals surface area (Å²) in [5.74, 6) is 0. The molecule has 1 fully saturated rings. The van der Waals surface area contributed by atoms with Gasteiger partial charge >= 0.3 is 11.8 Å². The van der Waals surface area contributed by atoms with Crippen LogP contribution in [-0.2, 0) is 4.74 Å². The Balaban J connectivity index is 2.41. The molecule has 25 heavy (non-hydrogen) atoms. The number of rotatable bonds is 6. The van der Waals surface area contributed by atoms with E-state index in [2.05, 4.69) is 0 Å². The smallest absolute Gasteiger partial charge is 0.412 e. The molecule has 1 amide bonds. The van der Waals surface area contributed by atoms with Gasteiger partial charge in [0.15, 0.2) is 0 Å². The highest BCUT2D eigenvalue weighted by molar-refractivity contribution is 5.85. The first-order valence-corrected chi connectivity index (χ1v) is 7.37. The minimum absolute atomic E-state index is 0.0526. The van der Waals surface area contributed by atoms with E-state index in [0.717, 1.165) is 10.8 Å². The fourth-order valence-corrected chi connectivity index (χ4v) is 2.48. The van der Waals surface area contributed by atoms with Gasteiger partial charge in [-0.25, -0.2) is 9.59 Å². The number of nitrogens with one attached hydrogen (secondary N) is 1. The molecule has 0 radical (unpaired) electrons. The summed E-state index contributed by atoms with van der Waals surface area (Å²) in [6.45, 7) is -1.80. The molecule has 2 rings (SSSR count). The van der Waals surface area contributed by atoms with Crippen molar-refractivity contribution in [2.24, 2.45) is 0 Å². The van der Waals surface area contributed by atoms with Crippen LogP contribution in [-0.4, -0.2) is 79.2 Å². The van der Waals surface area contributed by atoms with Gasteiger partial charge in [0.1, 0.15) is 18.0 Å². The number of H-pyrrole nitrogens is 1. The lowest BCUT2D eigenvalue weighted by Crippen LogP contribution is -2.43. The quantitative estimate of drug-likeness (QED) is 0.307. The van der Waals surface area contributed by atoms with Gasteiger partial charge < -0.3 is 30.3 Å². The number of hydrogen-bond acceptors (Lipinski definition) is 8. The number of amides is 1. The monoisotopic (exact) mass is 361 g/mol. The minimum Gasteiger partial charge on any atom is -0.465 e. The lowest BCUT2D eigenvalue weighted by molar-refractivity contribution is -0.0458. The number of nitrogens with zero attached hydrogens (tertiary/aromatic N) is 2. The Morgan fingerprint density at radius 2 is 2.12 bits per heavy atom. The Labute approximate surface area is 140 Å². The molecular weight excluding hydrogens is 342 g/mol. The fourth-order valence-electron chi connectivity index (χ4n) is 2.48. The summed E-state index contributed by atoms with van der Waals surface area (Å²) in [5, 5.41) is 46.4. The number of aliphatic hydroxyl groups is 4. The van der Waals surface area contributed by atoms with Gasteiger partial charge in [0, 0.05) is 12.6 Å². The molecule has 0 saturated carbocycles.